The Morgan fingerprint density at radius 1 is 0.700 bits per heavy atom. The molecule has 2 unspecified atom stereocenters. The van der Waals surface area contributed by atoms with Crippen molar-refractivity contribution in [2.45, 2.75) is 103 Å². The Bertz CT molecular complexity index is 2290. The number of Topliss-reactive ketones (excluding diaryl/α,β-unsaturated/α-hetero) is 2. The number of nitrogens with zero attached hydrogens (tertiary/aromatic N) is 2. The van der Waals surface area contributed by atoms with E-state index < -0.39 is 23.9 Å². The summed E-state index contributed by atoms with van der Waals surface area (Å²) in [5, 5.41) is 8.85. The maximum Gasteiger partial charge on any atom is 0.256 e. The van der Waals surface area contributed by atoms with Crippen molar-refractivity contribution >= 4 is 81.3 Å². The van der Waals surface area contributed by atoms with E-state index in [1.54, 1.807) is 29.3 Å². The van der Waals surface area contributed by atoms with Crippen molar-refractivity contribution in [3.8, 4) is 0 Å². The summed E-state index contributed by atoms with van der Waals surface area (Å²) in [6.07, 6.45) is 3.50. The lowest BCUT2D eigenvalue weighted by molar-refractivity contribution is -0.138. The van der Waals surface area contributed by atoms with Crippen LogP contribution in [0.2, 0.25) is 5.02 Å². The minimum Gasteiger partial charge on any atom is -0.322 e. The van der Waals surface area contributed by atoms with Gasteiger partial charge < -0.3 is 9.80 Å². The molecule has 12 nitrogen and oxygen atoms in total. The van der Waals surface area contributed by atoms with Crippen molar-refractivity contribution in [1.29, 1.82) is 0 Å². The monoisotopic (exact) mass is 872 g/mol. The van der Waals surface area contributed by atoms with Gasteiger partial charge in [-0.3, -0.25) is 49.0 Å². The number of thiophene rings is 2. The van der Waals surface area contributed by atoms with Crippen LogP contribution in [0.1, 0.15) is 102 Å². The molecule has 60 heavy (non-hydrogen) atoms. The summed E-state index contributed by atoms with van der Waals surface area (Å²) in [5.41, 5.74) is 6.15. The number of hydrogen-bond acceptors (Lipinski definition) is 10. The number of amides is 6. The number of aryl methyl sites for hydroxylation is 4. The number of carbonyl (C=O) groups is 8. The fraction of sp³-hybridized carbons (Fsp3) is 0.364. The molecule has 6 heterocycles. The average molecular weight is 873 g/mol. The predicted octanol–water partition coefficient (Wildman–Crippen LogP) is 5.92. The van der Waals surface area contributed by atoms with Gasteiger partial charge in [0.2, 0.25) is 23.6 Å². The van der Waals surface area contributed by atoms with E-state index in [4.69, 9.17) is 11.6 Å². The molecule has 16 heteroatoms. The van der Waals surface area contributed by atoms with Gasteiger partial charge in [-0.2, -0.15) is 0 Å². The molecule has 4 aromatic rings. The molecular weight excluding hydrogens is 831 g/mol. The Balaban J connectivity index is 0.000000181. The topological polar surface area (TPSA) is 167 Å². The molecule has 2 aromatic heterocycles. The largest absolute Gasteiger partial charge is 0.322 e. The molecule has 2 N–H and O–H groups in total. The maximum atomic E-state index is 13.4. The second kappa shape index (κ2) is 18.1. The molecular formula is C44H42ClFN4O8S2. The third-order valence-corrected chi connectivity index (χ3v) is 13.9. The SMILES string of the molecule is Cc1cc(CC(=O)CCc2scc3c2CN(C2CCC(=O)NC2=O)C3=O)ccc1F.Cc1ccc(CC(=O)CCc2scc3c2CN(C2CCC(=O)NC2=O)C3=O)cc1Cl. The number of benzene rings is 2. The molecule has 2 atom stereocenters. The van der Waals surface area contributed by atoms with Gasteiger partial charge in [-0.25, -0.2) is 4.39 Å². The fourth-order valence-corrected chi connectivity index (χ4v) is 10.2. The summed E-state index contributed by atoms with van der Waals surface area (Å²) in [6, 6.07) is 9.08. The number of ketones is 2. The number of fused-ring (bicyclic) bond motifs is 2. The van der Waals surface area contributed by atoms with Gasteiger partial charge in [0.1, 0.15) is 29.5 Å². The second-order valence-corrected chi connectivity index (χ2v) is 17.8. The molecule has 0 spiro atoms. The van der Waals surface area contributed by atoms with E-state index in [0.29, 0.717) is 79.7 Å². The molecule has 8 rings (SSSR count). The Kier molecular flexibility index (Phi) is 12.9. The molecule has 4 aliphatic rings. The van der Waals surface area contributed by atoms with Crippen LogP contribution in [0.4, 0.5) is 4.39 Å². The molecule has 2 aromatic carbocycles. The highest BCUT2D eigenvalue weighted by molar-refractivity contribution is 7.10. The first kappa shape index (κ1) is 42.7. The van der Waals surface area contributed by atoms with E-state index >= 15 is 0 Å². The zero-order chi connectivity index (χ0) is 42.8. The summed E-state index contributed by atoms with van der Waals surface area (Å²) in [7, 11) is 0. The summed E-state index contributed by atoms with van der Waals surface area (Å²) in [5.74, 6) is -1.96. The van der Waals surface area contributed by atoms with Crippen molar-refractivity contribution < 1.29 is 42.7 Å². The van der Waals surface area contributed by atoms with Crippen LogP contribution in [0.3, 0.4) is 0 Å². The van der Waals surface area contributed by atoms with Crippen molar-refractivity contribution in [3.05, 3.63) is 112 Å². The Morgan fingerprint density at radius 2 is 1.17 bits per heavy atom. The average Bonchev–Trinajstić information content (AvgIpc) is 3.96. The Hall–Kier alpha value is -5.38. The van der Waals surface area contributed by atoms with Crippen molar-refractivity contribution in [1.82, 2.24) is 20.4 Å². The molecule has 2 saturated heterocycles. The predicted molar refractivity (Wildman–Crippen MR) is 222 cm³/mol. The van der Waals surface area contributed by atoms with Gasteiger partial charge in [0, 0.05) is 77.2 Å². The lowest BCUT2D eigenvalue weighted by atomic mass is 10.0. The molecule has 312 valence electrons. The first-order valence-electron chi connectivity index (χ1n) is 19.7. The van der Waals surface area contributed by atoms with Gasteiger partial charge >= 0.3 is 0 Å². The van der Waals surface area contributed by atoms with Gasteiger partial charge in [0.15, 0.2) is 0 Å². The van der Waals surface area contributed by atoms with Crippen LogP contribution in [-0.2, 0) is 67.5 Å². The van der Waals surface area contributed by atoms with Crippen LogP contribution >= 0.6 is 34.3 Å². The second-order valence-electron chi connectivity index (χ2n) is 15.5. The lowest BCUT2D eigenvalue weighted by Gasteiger charge is -2.29. The zero-order valence-corrected chi connectivity index (χ0v) is 35.4. The summed E-state index contributed by atoms with van der Waals surface area (Å²) >= 11 is 9.07. The zero-order valence-electron chi connectivity index (χ0n) is 33.0. The number of carbonyl (C=O) groups excluding carboxylic acids is 8. The molecule has 0 bridgehead atoms. The minimum atomic E-state index is -0.635. The van der Waals surface area contributed by atoms with Crippen LogP contribution in [0, 0.1) is 19.7 Å². The highest BCUT2D eigenvalue weighted by atomic mass is 35.5. The quantitative estimate of drug-likeness (QED) is 0.166. The van der Waals surface area contributed by atoms with E-state index in [-0.39, 0.29) is 60.3 Å². The standard InChI is InChI=1S/C22H21ClN2O4S.C22H21FN2O4S/c1-12-2-3-13(9-17(12)23)8-14(26)4-6-19-15-10-25(22(29)16(15)11-30-19)18-5-7-20(27)24-21(18)28;1-12-8-13(2-4-17(12)23)9-14(26)3-6-19-15-10-25(22(29)16(15)11-30-19)18-5-7-20(27)24-21(18)28/h2-3,9,11,18H,4-8,10H2,1H3,(H,24,27,28);2,4,8,11,18H,3,5-7,9-10H2,1H3,(H,24,27,28). The normalized spacial score (nSPS) is 18.5. The third-order valence-electron chi connectivity index (χ3n) is 11.3. The number of rotatable bonds is 12. The Labute approximate surface area is 358 Å². The van der Waals surface area contributed by atoms with Crippen LogP contribution in [-0.4, -0.2) is 68.9 Å². The van der Waals surface area contributed by atoms with Crippen LogP contribution in [0.5, 0.6) is 0 Å². The number of hydrogen-bond donors (Lipinski definition) is 2. The van der Waals surface area contributed by atoms with E-state index in [1.165, 1.54) is 33.6 Å². The van der Waals surface area contributed by atoms with Gasteiger partial charge in [-0.1, -0.05) is 35.9 Å². The van der Waals surface area contributed by atoms with Crippen LogP contribution in [0.15, 0.2) is 47.2 Å². The van der Waals surface area contributed by atoms with Crippen molar-refractivity contribution in [3.63, 3.8) is 0 Å². The van der Waals surface area contributed by atoms with E-state index in [0.717, 1.165) is 37.6 Å². The van der Waals surface area contributed by atoms with Crippen LogP contribution in [0.25, 0.3) is 0 Å². The number of nitrogens with one attached hydrogen (secondary N) is 2. The lowest BCUT2D eigenvalue weighted by Crippen LogP contribution is -2.52. The molecule has 0 radical (unpaired) electrons. The summed E-state index contributed by atoms with van der Waals surface area (Å²) in [4.78, 5) is 102. The highest BCUT2D eigenvalue weighted by Crippen LogP contribution is 2.36. The fourth-order valence-electron chi connectivity index (χ4n) is 7.93. The maximum absolute atomic E-state index is 13.4. The highest BCUT2D eigenvalue weighted by Gasteiger charge is 2.42. The first-order chi connectivity index (χ1) is 28.7. The third kappa shape index (κ3) is 9.33. The summed E-state index contributed by atoms with van der Waals surface area (Å²) < 4.78 is 13.4. The minimum absolute atomic E-state index is 0.0505. The molecule has 0 saturated carbocycles. The van der Waals surface area contributed by atoms with Crippen molar-refractivity contribution in [2.24, 2.45) is 0 Å². The smallest absolute Gasteiger partial charge is 0.256 e. The molecule has 2 fully saturated rings. The van der Waals surface area contributed by atoms with Crippen molar-refractivity contribution in [2.75, 3.05) is 0 Å². The van der Waals surface area contributed by atoms with Crippen LogP contribution < -0.4 is 10.6 Å². The van der Waals surface area contributed by atoms with Gasteiger partial charge in [0.05, 0.1) is 11.1 Å². The van der Waals surface area contributed by atoms with E-state index in [2.05, 4.69) is 10.6 Å². The first-order valence-corrected chi connectivity index (χ1v) is 21.8. The summed E-state index contributed by atoms with van der Waals surface area (Å²) in [6.45, 7) is 4.26. The van der Waals surface area contributed by atoms with Gasteiger partial charge in [0.25, 0.3) is 11.8 Å². The number of imide groups is 2. The molecule has 0 aliphatic carbocycles. The van der Waals surface area contributed by atoms with E-state index in [1.807, 2.05) is 30.5 Å². The number of halogens is 2. The van der Waals surface area contributed by atoms with Gasteiger partial charge in [-0.15, -0.1) is 22.7 Å². The molecule has 4 aliphatic heterocycles. The Morgan fingerprint density at radius 3 is 1.62 bits per heavy atom. The molecule has 6 amide bonds. The number of piperidine rings is 2. The van der Waals surface area contributed by atoms with E-state index in [9.17, 15) is 42.7 Å². The van der Waals surface area contributed by atoms with Gasteiger partial charge in [-0.05, 0) is 85.0 Å².